The Bertz CT molecular complexity index is 848. The summed E-state index contributed by atoms with van der Waals surface area (Å²) in [7, 11) is 0. The first-order valence-corrected chi connectivity index (χ1v) is 7.55. The highest BCUT2D eigenvalue weighted by Crippen LogP contribution is 2.32. The van der Waals surface area contributed by atoms with Gasteiger partial charge in [0.25, 0.3) is 0 Å². The number of rotatable bonds is 5. The molecular weight excluding hydrogens is 304 g/mol. The first-order valence-electron chi connectivity index (χ1n) is 7.55. The molecule has 0 heterocycles. The highest BCUT2D eigenvalue weighted by atomic mass is 16.3. The van der Waals surface area contributed by atoms with E-state index >= 15 is 0 Å². The molecule has 0 saturated heterocycles. The maximum atomic E-state index is 11.3. The van der Waals surface area contributed by atoms with Gasteiger partial charge in [-0.15, -0.1) is 0 Å². The Morgan fingerprint density at radius 2 is 1.42 bits per heavy atom. The molecule has 0 radical (unpaired) electrons. The second-order valence-corrected chi connectivity index (χ2v) is 5.87. The van der Waals surface area contributed by atoms with Gasteiger partial charge in [0.05, 0.1) is 11.1 Å². The lowest BCUT2D eigenvalue weighted by atomic mass is 9.89. The minimum absolute atomic E-state index is 0.00552. The summed E-state index contributed by atoms with van der Waals surface area (Å²) in [6, 6.07) is 3.62. The highest BCUT2D eigenvalue weighted by Gasteiger charge is 2.16. The van der Waals surface area contributed by atoms with Gasteiger partial charge in [-0.1, -0.05) is 18.7 Å². The molecule has 0 amide bonds. The monoisotopic (exact) mass is 324 g/mol. The lowest BCUT2D eigenvalue weighted by Gasteiger charge is -2.16. The van der Waals surface area contributed by atoms with Gasteiger partial charge in [0.2, 0.25) is 0 Å². The minimum Gasteiger partial charge on any atom is -0.507 e. The van der Waals surface area contributed by atoms with Gasteiger partial charge in [-0.2, -0.15) is 0 Å². The van der Waals surface area contributed by atoms with E-state index in [2.05, 4.69) is 6.58 Å². The van der Waals surface area contributed by atoms with Gasteiger partial charge in [-0.25, -0.2) is 0 Å². The van der Waals surface area contributed by atoms with Crippen LogP contribution in [0.15, 0.2) is 18.7 Å². The van der Waals surface area contributed by atoms with Crippen molar-refractivity contribution in [3.8, 4) is 11.5 Å². The molecule has 0 bridgehead atoms. The van der Waals surface area contributed by atoms with Crippen molar-refractivity contribution in [3.05, 3.63) is 63.2 Å². The topological polar surface area (TPSA) is 74.6 Å². The molecule has 2 aromatic carbocycles. The van der Waals surface area contributed by atoms with Crippen LogP contribution in [0.3, 0.4) is 0 Å². The van der Waals surface area contributed by atoms with Crippen molar-refractivity contribution in [2.24, 2.45) is 0 Å². The number of carbonyl (C=O) groups excluding carboxylic acids is 2. The number of aldehydes is 2. The number of hydrogen-bond donors (Lipinski definition) is 2. The summed E-state index contributed by atoms with van der Waals surface area (Å²) in [6.45, 7) is 8.95. The Morgan fingerprint density at radius 1 is 0.917 bits per heavy atom. The van der Waals surface area contributed by atoms with Gasteiger partial charge in [-0.3, -0.25) is 9.59 Å². The van der Waals surface area contributed by atoms with Crippen LogP contribution in [0.2, 0.25) is 0 Å². The zero-order valence-corrected chi connectivity index (χ0v) is 14.0. The van der Waals surface area contributed by atoms with Crippen molar-refractivity contribution in [3.63, 3.8) is 0 Å². The van der Waals surface area contributed by atoms with Crippen molar-refractivity contribution in [2.75, 3.05) is 0 Å². The van der Waals surface area contributed by atoms with Crippen molar-refractivity contribution in [2.45, 2.75) is 27.2 Å². The normalized spacial score (nSPS) is 10.5. The third kappa shape index (κ3) is 2.83. The summed E-state index contributed by atoms with van der Waals surface area (Å²) in [5.41, 5.74) is 4.75. The number of aryl methyl sites for hydroxylation is 1. The van der Waals surface area contributed by atoms with Gasteiger partial charge < -0.3 is 10.2 Å². The minimum atomic E-state index is -0.0755. The van der Waals surface area contributed by atoms with Gasteiger partial charge in [-0.05, 0) is 61.1 Å². The van der Waals surface area contributed by atoms with E-state index in [-0.39, 0.29) is 22.6 Å². The number of benzene rings is 2. The Labute approximate surface area is 141 Å². The maximum absolute atomic E-state index is 11.3. The smallest absolute Gasteiger partial charge is 0.154 e. The molecule has 2 aromatic rings. The van der Waals surface area contributed by atoms with Crippen LogP contribution in [0.4, 0.5) is 0 Å². The Balaban J connectivity index is 2.65. The summed E-state index contributed by atoms with van der Waals surface area (Å²) in [6.07, 6.45) is 3.25. The van der Waals surface area contributed by atoms with Crippen LogP contribution < -0.4 is 0 Å². The van der Waals surface area contributed by atoms with E-state index in [0.29, 0.717) is 41.2 Å². The molecule has 0 aromatic heterocycles. The van der Waals surface area contributed by atoms with Crippen LogP contribution in [0.1, 0.15) is 54.1 Å². The predicted molar refractivity (Wildman–Crippen MR) is 94.1 cm³/mol. The molecule has 2 N–H and O–H groups in total. The molecule has 0 spiro atoms. The second-order valence-electron chi connectivity index (χ2n) is 5.87. The molecule has 0 aliphatic carbocycles. The van der Waals surface area contributed by atoms with Crippen LogP contribution in [-0.2, 0) is 6.42 Å². The van der Waals surface area contributed by atoms with Gasteiger partial charge in [0, 0.05) is 5.56 Å². The lowest BCUT2D eigenvalue weighted by molar-refractivity contribution is 0.111. The Kier molecular flexibility index (Phi) is 4.88. The molecule has 0 aliphatic rings. The maximum Gasteiger partial charge on any atom is 0.154 e. The van der Waals surface area contributed by atoms with Crippen LogP contribution in [-0.4, -0.2) is 22.8 Å². The fourth-order valence-corrected chi connectivity index (χ4v) is 2.89. The zero-order chi connectivity index (χ0) is 18.0. The molecule has 24 heavy (non-hydrogen) atoms. The Morgan fingerprint density at radius 3 is 1.92 bits per heavy atom. The number of phenolic OH excluding ortho intramolecular Hbond substituents is 2. The van der Waals surface area contributed by atoms with E-state index in [1.807, 2.05) is 6.07 Å². The van der Waals surface area contributed by atoms with Crippen molar-refractivity contribution >= 4 is 18.6 Å². The van der Waals surface area contributed by atoms with Gasteiger partial charge in [0.1, 0.15) is 11.5 Å². The summed E-state index contributed by atoms with van der Waals surface area (Å²) in [5.74, 6) is -0.0810. The first kappa shape index (κ1) is 17.5. The fourth-order valence-electron chi connectivity index (χ4n) is 2.89. The Hall–Kier alpha value is -2.88. The largest absolute Gasteiger partial charge is 0.507 e. The van der Waals surface area contributed by atoms with E-state index < -0.39 is 0 Å². The van der Waals surface area contributed by atoms with Crippen molar-refractivity contribution < 1.29 is 19.8 Å². The molecule has 0 saturated carbocycles. The van der Waals surface area contributed by atoms with Crippen LogP contribution in [0.25, 0.3) is 6.08 Å². The summed E-state index contributed by atoms with van der Waals surface area (Å²) >= 11 is 0. The van der Waals surface area contributed by atoms with Crippen molar-refractivity contribution in [1.29, 1.82) is 0 Å². The number of hydrogen-bond acceptors (Lipinski definition) is 4. The molecule has 0 unspecified atom stereocenters. The van der Waals surface area contributed by atoms with Gasteiger partial charge >= 0.3 is 0 Å². The predicted octanol–water partition coefficient (Wildman–Crippen LogP) is 3.88. The third-order valence-electron chi connectivity index (χ3n) is 4.49. The van der Waals surface area contributed by atoms with Crippen molar-refractivity contribution in [1.82, 2.24) is 0 Å². The molecule has 4 nitrogen and oxygen atoms in total. The summed E-state index contributed by atoms with van der Waals surface area (Å²) < 4.78 is 0. The average molecular weight is 324 g/mol. The van der Waals surface area contributed by atoms with E-state index in [0.717, 1.165) is 11.1 Å². The molecular formula is C20H20O4. The molecule has 0 aliphatic heterocycles. The molecule has 124 valence electrons. The van der Waals surface area contributed by atoms with E-state index in [1.165, 1.54) is 6.08 Å². The molecule has 4 heteroatoms. The average Bonchev–Trinajstić information content (AvgIpc) is 2.56. The highest BCUT2D eigenvalue weighted by molar-refractivity contribution is 5.85. The number of phenols is 2. The third-order valence-corrected chi connectivity index (χ3v) is 4.49. The second kappa shape index (κ2) is 6.71. The van der Waals surface area contributed by atoms with Crippen LogP contribution in [0, 0.1) is 20.8 Å². The first-order chi connectivity index (χ1) is 11.3. The van der Waals surface area contributed by atoms with E-state index in [1.54, 1.807) is 26.8 Å². The molecule has 2 rings (SSSR count). The zero-order valence-electron chi connectivity index (χ0n) is 14.0. The number of carbonyl (C=O) groups is 2. The lowest BCUT2D eigenvalue weighted by Crippen LogP contribution is -2.03. The SMILES string of the molecule is C=Cc1cc(Cc2cc(C)c(O)c(C=O)c2C)c(C)c(C=O)c1O. The quantitative estimate of drug-likeness (QED) is 0.818. The molecule has 0 fully saturated rings. The summed E-state index contributed by atoms with van der Waals surface area (Å²) in [4.78, 5) is 22.6. The standard InChI is InChI=1S/C20H20O4/c1-5-14-7-16(13(4)18(10-22)20(14)24)8-15-6-11(2)19(23)17(9-21)12(15)3/h5-7,9-10,23-24H,1,8H2,2-4H3. The van der Waals surface area contributed by atoms with Crippen LogP contribution >= 0.6 is 0 Å². The fraction of sp³-hybridized carbons (Fsp3) is 0.200. The van der Waals surface area contributed by atoms with Gasteiger partial charge in [0.15, 0.2) is 12.6 Å². The van der Waals surface area contributed by atoms with E-state index in [4.69, 9.17) is 0 Å². The van der Waals surface area contributed by atoms with E-state index in [9.17, 15) is 19.8 Å². The summed E-state index contributed by atoms with van der Waals surface area (Å²) in [5, 5.41) is 20.1. The molecule has 0 atom stereocenters. The van der Waals surface area contributed by atoms with Crippen LogP contribution in [0.5, 0.6) is 11.5 Å². The number of aromatic hydroxyl groups is 2.